The van der Waals surface area contributed by atoms with E-state index in [9.17, 15) is 0 Å². The van der Waals surface area contributed by atoms with Crippen LogP contribution in [0.25, 0.3) is 0 Å². The summed E-state index contributed by atoms with van der Waals surface area (Å²) >= 11 is 0. The molecule has 1 aromatic rings. The molecule has 0 bridgehead atoms. The summed E-state index contributed by atoms with van der Waals surface area (Å²) in [4.78, 5) is 6.23. The van der Waals surface area contributed by atoms with Crippen LogP contribution in [0.15, 0.2) is 4.52 Å². The van der Waals surface area contributed by atoms with Crippen LogP contribution in [0.3, 0.4) is 0 Å². The highest BCUT2D eigenvalue weighted by Gasteiger charge is 2.19. The molecule has 90 valence electrons. The van der Waals surface area contributed by atoms with Gasteiger partial charge < -0.3 is 15.2 Å². The summed E-state index contributed by atoms with van der Waals surface area (Å²) in [7, 11) is 1.48. The Hall–Kier alpha value is -1.18. The van der Waals surface area contributed by atoms with E-state index in [1.54, 1.807) is 0 Å². The molecule has 7 heteroatoms. The van der Waals surface area contributed by atoms with Crippen LogP contribution in [0.1, 0.15) is 11.9 Å². The second-order valence-electron chi connectivity index (χ2n) is 3.64. The lowest BCUT2D eigenvalue weighted by Gasteiger charge is -2.27. The monoisotopic (exact) mass is 228 g/mol. The van der Waals surface area contributed by atoms with Crippen molar-refractivity contribution in [1.82, 2.24) is 15.0 Å². The van der Waals surface area contributed by atoms with Crippen molar-refractivity contribution in [1.29, 1.82) is 0 Å². The topological polar surface area (TPSA) is 86.6 Å². The Morgan fingerprint density at radius 1 is 1.50 bits per heavy atom. The Labute approximate surface area is 93.5 Å². The second-order valence-corrected chi connectivity index (χ2v) is 3.64. The zero-order valence-electron chi connectivity index (χ0n) is 9.26. The van der Waals surface area contributed by atoms with Crippen LogP contribution in [0.2, 0.25) is 0 Å². The minimum Gasteiger partial charge on any atom is -0.452 e. The molecule has 7 nitrogen and oxygen atoms in total. The molecule has 2 rings (SSSR count). The zero-order valence-corrected chi connectivity index (χ0v) is 9.26. The highest BCUT2D eigenvalue weighted by molar-refractivity contribution is 4.96. The van der Waals surface area contributed by atoms with Gasteiger partial charge in [0.2, 0.25) is 0 Å². The lowest BCUT2D eigenvalue weighted by atomic mass is 10.2. The Kier molecular flexibility index (Phi) is 3.70. The molecule has 0 aliphatic carbocycles. The Morgan fingerprint density at radius 3 is 2.88 bits per heavy atom. The highest BCUT2D eigenvalue weighted by Crippen LogP contribution is 2.12. The van der Waals surface area contributed by atoms with Gasteiger partial charge in [0.05, 0.1) is 26.4 Å². The van der Waals surface area contributed by atoms with Gasteiger partial charge in [0.1, 0.15) is 0 Å². The van der Waals surface area contributed by atoms with E-state index in [1.165, 1.54) is 7.11 Å². The molecule has 0 aromatic carbocycles. The van der Waals surface area contributed by atoms with Crippen molar-refractivity contribution in [2.75, 3.05) is 40.0 Å². The van der Waals surface area contributed by atoms with E-state index in [2.05, 4.69) is 15.0 Å². The summed E-state index contributed by atoms with van der Waals surface area (Å²) in [5, 5.41) is 3.76. The molecule has 16 heavy (non-hydrogen) atoms. The molecule has 1 unspecified atom stereocenters. The summed E-state index contributed by atoms with van der Waals surface area (Å²) < 4.78 is 14.9. The molecular weight excluding hydrogens is 212 g/mol. The molecule has 1 saturated heterocycles. The number of ether oxygens (including phenoxy) is 2. The lowest BCUT2D eigenvalue weighted by molar-refractivity contribution is 0.0348. The number of nitrogens with zero attached hydrogens (tertiary/aromatic N) is 3. The summed E-state index contributed by atoms with van der Waals surface area (Å²) in [6.07, 6.45) is 0.146. The standard InChI is InChI=1S/C9H16N4O3/c1-14-9-11-8(12-16-9)7(10)6-13-2-4-15-5-3-13/h7H,2-6,10H2,1H3. The fraction of sp³-hybridized carbons (Fsp3) is 0.778. The summed E-state index contributed by atoms with van der Waals surface area (Å²) in [5.41, 5.74) is 5.97. The molecule has 1 aliphatic heterocycles. The predicted molar refractivity (Wildman–Crippen MR) is 55.0 cm³/mol. The number of aromatic nitrogens is 2. The molecule has 1 atom stereocenters. The Bertz CT molecular complexity index is 324. The van der Waals surface area contributed by atoms with Crippen LogP contribution in [0.5, 0.6) is 6.08 Å². The van der Waals surface area contributed by atoms with E-state index >= 15 is 0 Å². The van der Waals surface area contributed by atoms with Gasteiger partial charge in [0, 0.05) is 19.6 Å². The third-order valence-electron chi connectivity index (χ3n) is 2.49. The normalized spacial score (nSPS) is 19.6. The minimum absolute atomic E-state index is 0.146. The van der Waals surface area contributed by atoms with Crippen LogP contribution >= 0.6 is 0 Å². The number of rotatable bonds is 4. The van der Waals surface area contributed by atoms with Gasteiger partial charge in [0.25, 0.3) is 0 Å². The molecule has 0 radical (unpaired) electrons. The lowest BCUT2D eigenvalue weighted by Crippen LogP contribution is -2.40. The average molecular weight is 228 g/mol. The highest BCUT2D eigenvalue weighted by atomic mass is 16.6. The SMILES string of the molecule is COc1nc(C(N)CN2CCOCC2)no1. The maximum Gasteiger partial charge on any atom is 0.417 e. The smallest absolute Gasteiger partial charge is 0.417 e. The molecule has 1 aliphatic rings. The van der Waals surface area contributed by atoms with E-state index in [1.807, 2.05) is 0 Å². The minimum atomic E-state index is -0.259. The number of hydrogen-bond donors (Lipinski definition) is 1. The second kappa shape index (κ2) is 5.24. The van der Waals surface area contributed by atoms with E-state index in [0.29, 0.717) is 12.4 Å². The van der Waals surface area contributed by atoms with E-state index < -0.39 is 0 Å². The van der Waals surface area contributed by atoms with E-state index in [4.69, 9.17) is 19.7 Å². The van der Waals surface area contributed by atoms with Crippen molar-refractivity contribution in [3.8, 4) is 6.08 Å². The molecule has 2 N–H and O–H groups in total. The first kappa shape index (κ1) is 11.3. The van der Waals surface area contributed by atoms with Crippen molar-refractivity contribution < 1.29 is 14.0 Å². The van der Waals surface area contributed by atoms with Crippen molar-refractivity contribution >= 4 is 0 Å². The van der Waals surface area contributed by atoms with E-state index in [0.717, 1.165) is 26.3 Å². The molecular formula is C9H16N4O3. The first-order valence-electron chi connectivity index (χ1n) is 5.23. The van der Waals surface area contributed by atoms with Gasteiger partial charge in [-0.05, 0) is 0 Å². The van der Waals surface area contributed by atoms with Crippen LogP contribution < -0.4 is 10.5 Å². The summed E-state index contributed by atoms with van der Waals surface area (Å²) in [6.45, 7) is 3.99. The van der Waals surface area contributed by atoms with Gasteiger partial charge in [-0.3, -0.25) is 9.42 Å². The van der Waals surface area contributed by atoms with Gasteiger partial charge in [-0.25, -0.2) is 0 Å². The predicted octanol–water partition coefficient (Wildman–Crippen LogP) is -0.590. The van der Waals surface area contributed by atoms with Crippen LogP contribution in [0, 0.1) is 0 Å². The molecule has 2 heterocycles. The Morgan fingerprint density at radius 2 is 2.25 bits per heavy atom. The van der Waals surface area contributed by atoms with Crippen molar-refractivity contribution in [2.45, 2.75) is 6.04 Å². The third kappa shape index (κ3) is 2.69. The maximum absolute atomic E-state index is 5.97. The van der Waals surface area contributed by atoms with Crippen molar-refractivity contribution in [3.63, 3.8) is 0 Å². The number of morpholine rings is 1. The quantitative estimate of drug-likeness (QED) is 0.737. The zero-order chi connectivity index (χ0) is 11.4. The van der Waals surface area contributed by atoms with Gasteiger partial charge in [-0.15, -0.1) is 0 Å². The fourth-order valence-corrected chi connectivity index (χ4v) is 1.60. The maximum atomic E-state index is 5.97. The van der Waals surface area contributed by atoms with Crippen LogP contribution in [-0.2, 0) is 4.74 Å². The van der Waals surface area contributed by atoms with E-state index in [-0.39, 0.29) is 12.1 Å². The van der Waals surface area contributed by atoms with Crippen molar-refractivity contribution in [3.05, 3.63) is 5.82 Å². The van der Waals surface area contributed by atoms with Crippen molar-refractivity contribution in [2.24, 2.45) is 5.73 Å². The van der Waals surface area contributed by atoms with Gasteiger partial charge in [0.15, 0.2) is 5.82 Å². The molecule has 0 spiro atoms. The Balaban J connectivity index is 1.88. The van der Waals surface area contributed by atoms with Crippen LogP contribution in [-0.4, -0.2) is 55.0 Å². The van der Waals surface area contributed by atoms with Gasteiger partial charge in [-0.1, -0.05) is 5.16 Å². The number of methoxy groups -OCH3 is 1. The number of nitrogens with two attached hydrogens (primary N) is 1. The first-order chi connectivity index (χ1) is 7.79. The number of hydrogen-bond acceptors (Lipinski definition) is 7. The molecule has 1 fully saturated rings. The summed E-state index contributed by atoms with van der Waals surface area (Å²) in [5.74, 6) is 0.475. The molecule has 0 amide bonds. The first-order valence-corrected chi connectivity index (χ1v) is 5.23. The fourth-order valence-electron chi connectivity index (χ4n) is 1.60. The van der Waals surface area contributed by atoms with Gasteiger partial charge >= 0.3 is 6.08 Å². The third-order valence-corrected chi connectivity index (χ3v) is 2.49. The van der Waals surface area contributed by atoms with Crippen LogP contribution in [0.4, 0.5) is 0 Å². The molecule has 1 aromatic heterocycles. The largest absolute Gasteiger partial charge is 0.452 e. The summed E-state index contributed by atoms with van der Waals surface area (Å²) in [6, 6.07) is -0.259. The molecule has 0 saturated carbocycles. The van der Waals surface area contributed by atoms with Gasteiger partial charge in [-0.2, -0.15) is 4.98 Å². The average Bonchev–Trinajstić information content (AvgIpc) is 2.79.